The van der Waals surface area contributed by atoms with Crippen molar-refractivity contribution < 1.29 is 14.6 Å². The van der Waals surface area contributed by atoms with E-state index >= 15 is 0 Å². The van der Waals surface area contributed by atoms with Gasteiger partial charge in [-0.05, 0) is 49.8 Å². The van der Waals surface area contributed by atoms with Crippen molar-refractivity contribution in [3.8, 4) is 11.5 Å². The van der Waals surface area contributed by atoms with Gasteiger partial charge in [-0.2, -0.15) is 0 Å². The Balaban J connectivity index is 1.97. The maximum Gasteiger partial charge on any atom is 0.220 e. The summed E-state index contributed by atoms with van der Waals surface area (Å²) in [4.78, 5) is 11.9. The maximum absolute atomic E-state index is 11.9. The number of phenols is 1. The second kappa shape index (κ2) is 16.0. The number of unbranched alkanes of at least 4 members (excludes halogenated alkanes) is 9. The lowest BCUT2D eigenvalue weighted by molar-refractivity contribution is -0.121. The molecule has 0 bridgehead atoms. The van der Waals surface area contributed by atoms with Crippen LogP contribution in [0.5, 0.6) is 11.5 Å². The van der Waals surface area contributed by atoms with Crippen LogP contribution in [0.15, 0.2) is 30.4 Å². The van der Waals surface area contributed by atoms with Gasteiger partial charge in [-0.15, -0.1) is 0 Å². The molecule has 0 atom stereocenters. The van der Waals surface area contributed by atoms with Crippen molar-refractivity contribution in [3.05, 3.63) is 35.9 Å². The predicted octanol–water partition coefficient (Wildman–Crippen LogP) is 6.27. The summed E-state index contributed by atoms with van der Waals surface area (Å²) in [5.41, 5.74) is 0.919. The number of hydrogen-bond donors (Lipinski definition) is 2. The third kappa shape index (κ3) is 11.7. The van der Waals surface area contributed by atoms with Gasteiger partial charge in [0.25, 0.3) is 0 Å². The Hall–Kier alpha value is -1.97. The highest BCUT2D eigenvalue weighted by Crippen LogP contribution is 2.26. The number of carbonyl (C=O) groups is 1. The van der Waals surface area contributed by atoms with E-state index in [-0.39, 0.29) is 11.7 Å². The predicted molar refractivity (Wildman–Crippen MR) is 117 cm³/mol. The molecule has 0 fully saturated rings. The summed E-state index contributed by atoms with van der Waals surface area (Å²) in [7, 11) is 1.52. The SMILES string of the molecule is CCCCC/C=C\CCCCCCCCC(=O)NCc1ccc(O)c(OC)c1. The van der Waals surface area contributed by atoms with Crippen molar-refractivity contribution >= 4 is 5.91 Å². The first-order valence-electron chi connectivity index (χ1n) is 10.9. The molecular formula is C24H39NO3. The van der Waals surface area contributed by atoms with E-state index in [0.717, 1.165) is 18.4 Å². The van der Waals surface area contributed by atoms with Crippen LogP contribution in [-0.4, -0.2) is 18.1 Å². The van der Waals surface area contributed by atoms with E-state index in [0.29, 0.717) is 18.7 Å². The molecule has 4 nitrogen and oxygen atoms in total. The number of methoxy groups -OCH3 is 1. The highest BCUT2D eigenvalue weighted by Gasteiger charge is 2.05. The number of benzene rings is 1. The van der Waals surface area contributed by atoms with Crippen molar-refractivity contribution in [2.24, 2.45) is 0 Å². The van der Waals surface area contributed by atoms with E-state index in [1.165, 1.54) is 64.9 Å². The molecule has 1 amide bonds. The number of phenolic OH excluding ortho intramolecular Hbond substituents is 1. The van der Waals surface area contributed by atoms with Gasteiger partial charge in [-0.25, -0.2) is 0 Å². The zero-order valence-electron chi connectivity index (χ0n) is 17.8. The summed E-state index contributed by atoms with van der Waals surface area (Å²) in [5.74, 6) is 0.625. The summed E-state index contributed by atoms with van der Waals surface area (Å²) in [5, 5.41) is 12.5. The molecule has 0 heterocycles. The van der Waals surface area contributed by atoms with Gasteiger partial charge >= 0.3 is 0 Å². The number of nitrogens with one attached hydrogen (secondary N) is 1. The van der Waals surface area contributed by atoms with Crippen LogP contribution in [0.1, 0.15) is 89.5 Å². The Labute approximate surface area is 171 Å². The summed E-state index contributed by atoms with van der Waals surface area (Å²) >= 11 is 0. The number of allylic oxidation sites excluding steroid dienone is 2. The summed E-state index contributed by atoms with van der Waals surface area (Å²) in [6.07, 6.45) is 18.8. The molecule has 2 N–H and O–H groups in total. The van der Waals surface area contributed by atoms with Gasteiger partial charge in [-0.3, -0.25) is 4.79 Å². The van der Waals surface area contributed by atoms with Crippen molar-refractivity contribution in [2.45, 2.75) is 90.5 Å². The van der Waals surface area contributed by atoms with Crippen LogP contribution in [0.4, 0.5) is 0 Å². The van der Waals surface area contributed by atoms with Gasteiger partial charge in [-0.1, -0.05) is 63.7 Å². The Bertz CT molecular complexity index is 569. The third-order valence-electron chi connectivity index (χ3n) is 4.90. The first kappa shape index (κ1) is 24.1. The Kier molecular flexibility index (Phi) is 13.8. The monoisotopic (exact) mass is 389 g/mol. The maximum atomic E-state index is 11.9. The van der Waals surface area contributed by atoms with Crippen LogP contribution < -0.4 is 10.1 Å². The van der Waals surface area contributed by atoms with Crippen LogP contribution in [0, 0.1) is 0 Å². The van der Waals surface area contributed by atoms with Crippen LogP contribution in [0.3, 0.4) is 0 Å². The average Bonchev–Trinajstić information content (AvgIpc) is 2.70. The fraction of sp³-hybridized carbons (Fsp3) is 0.625. The van der Waals surface area contributed by atoms with Crippen molar-refractivity contribution in [2.75, 3.05) is 7.11 Å². The zero-order chi connectivity index (χ0) is 20.5. The van der Waals surface area contributed by atoms with Crippen molar-refractivity contribution in [1.29, 1.82) is 0 Å². The molecule has 0 aliphatic heterocycles. The lowest BCUT2D eigenvalue weighted by Gasteiger charge is -2.08. The molecule has 1 rings (SSSR count). The Morgan fingerprint density at radius 3 is 2.32 bits per heavy atom. The lowest BCUT2D eigenvalue weighted by atomic mass is 10.1. The fourth-order valence-electron chi connectivity index (χ4n) is 3.12. The van der Waals surface area contributed by atoms with Gasteiger partial charge < -0.3 is 15.2 Å². The molecule has 1 aromatic rings. The van der Waals surface area contributed by atoms with E-state index in [1.807, 2.05) is 0 Å². The van der Waals surface area contributed by atoms with Gasteiger partial charge in [0.1, 0.15) is 0 Å². The van der Waals surface area contributed by atoms with Gasteiger partial charge in [0.05, 0.1) is 7.11 Å². The number of hydrogen-bond acceptors (Lipinski definition) is 3. The van der Waals surface area contributed by atoms with Gasteiger partial charge in [0.15, 0.2) is 11.5 Å². The molecule has 0 aliphatic carbocycles. The smallest absolute Gasteiger partial charge is 0.220 e. The molecule has 0 unspecified atom stereocenters. The number of amides is 1. The number of carbonyl (C=O) groups excluding carboxylic acids is 1. The van der Waals surface area contributed by atoms with Crippen LogP contribution >= 0.6 is 0 Å². The van der Waals surface area contributed by atoms with E-state index < -0.39 is 0 Å². The number of aromatic hydroxyl groups is 1. The van der Waals surface area contributed by atoms with Gasteiger partial charge in [0.2, 0.25) is 5.91 Å². The highest BCUT2D eigenvalue weighted by molar-refractivity contribution is 5.75. The van der Waals surface area contributed by atoms with E-state index in [2.05, 4.69) is 24.4 Å². The zero-order valence-corrected chi connectivity index (χ0v) is 17.8. The van der Waals surface area contributed by atoms with Crippen molar-refractivity contribution in [3.63, 3.8) is 0 Å². The second-order valence-electron chi connectivity index (χ2n) is 7.41. The molecule has 4 heteroatoms. The van der Waals surface area contributed by atoms with Crippen LogP contribution in [0.25, 0.3) is 0 Å². The Morgan fingerprint density at radius 1 is 1.00 bits per heavy atom. The molecule has 0 aliphatic rings. The summed E-state index contributed by atoms with van der Waals surface area (Å²) < 4.78 is 5.08. The number of rotatable bonds is 16. The second-order valence-corrected chi connectivity index (χ2v) is 7.41. The van der Waals surface area contributed by atoms with E-state index in [4.69, 9.17) is 4.74 Å². The third-order valence-corrected chi connectivity index (χ3v) is 4.90. The van der Waals surface area contributed by atoms with E-state index in [9.17, 15) is 9.90 Å². The molecule has 0 saturated heterocycles. The van der Waals surface area contributed by atoms with Crippen molar-refractivity contribution in [1.82, 2.24) is 5.32 Å². The average molecular weight is 390 g/mol. The van der Waals surface area contributed by atoms with E-state index in [1.54, 1.807) is 18.2 Å². The largest absolute Gasteiger partial charge is 0.504 e. The molecule has 0 spiro atoms. The Morgan fingerprint density at radius 2 is 1.64 bits per heavy atom. The minimum Gasteiger partial charge on any atom is -0.504 e. The molecule has 28 heavy (non-hydrogen) atoms. The minimum absolute atomic E-state index is 0.0836. The quantitative estimate of drug-likeness (QED) is 0.258. The molecular weight excluding hydrogens is 350 g/mol. The molecule has 158 valence electrons. The molecule has 1 aromatic carbocycles. The van der Waals surface area contributed by atoms with Crippen LogP contribution in [0.2, 0.25) is 0 Å². The fourth-order valence-corrected chi connectivity index (χ4v) is 3.12. The van der Waals surface area contributed by atoms with Crippen LogP contribution in [-0.2, 0) is 11.3 Å². The highest BCUT2D eigenvalue weighted by atomic mass is 16.5. The first-order valence-corrected chi connectivity index (χ1v) is 10.9. The molecule has 0 radical (unpaired) electrons. The molecule has 0 aromatic heterocycles. The standard InChI is InChI=1S/C24H39NO3/c1-3-4-5-6-7-8-9-10-11-12-13-14-15-16-24(27)25-20-21-17-18-22(26)23(19-21)28-2/h7-8,17-19,26H,3-6,9-16,20H2,1-2H3,(H,25,27)/b8-7-. The summed E-state index contributed by atoms with van der Waals surface area (Å²) in [6.45, 7) is 2.70. The summed E-state index contributed by atoms with van der Waals surface area (Å²) in [6, 6.07) is 5.12. The first-order chi connectivity index (χ1) is 13.7. The minimum atomic E-state index is 0.0836. The normalized spacial score (nSPS) is 11.1. The number of ether oxygens (including phenoxy) is 1. The van der Waals surface area contributed by atoms with Gasteiger partial charge in [0, 0.05) is 13.0 Å². The molecule has 0 saturated carbocycles. The lowest BCUT2D eigenvalue weighted by Crippen LogP contribution is -2.22. The topological polar surface area (TPSA) is 58.6 Å².